The lowest BCUT2D eigenvalue weighted by molar-refractivity contribution is -0.142. The quantitative estimate of drug-likeness (QED) is 0.899. The Balaban J connectivity index is 2.26. The molecule has 2 rings (SSSR count). The number of carbonyl (C=O) groups excluding carboxylic acids is 1. The SMILES string of the molecule is CC1C(C(=O)O)CCN1C(=O)c1cc(Cl)nnc1Cl. The highest BCUT2D eigenvalue weighted by molar-refractivity contribution is 6.34. The molecule has 1 saturated heterocycles. The van der Waals surface area contributed by atoms with E-state index in [9.17, 15) is 9.59 Å². The summed E-state index contributed by atoms with van der Waals surface area (Å²) in [5.41, 5.74) is 0.138. The molecule has 0 aromatic carbocycles. The smallest absolute Gasteiger partial charge is 0.308 e. The van der Waals surface area contributed by atoms with Gasteiger partial charge >= 0.3 is 5.97 Å². The molecule has 0 aliphatic carbocycles. The predicted octanol–water partition coefficient (Wildman–Crippen LogP) is 1.72. The molecule has 1 aromatic rings. The number of nitrogens with zero attached hydrogens (tertiary/aromatic N) is 3. The zero-order valence-corrected chi connectivity index (χ0v) is 11.5. The van der Waals surface area contributed by atoms with Crippen molar-refractivity contribution in [2.24, 2.45) is 5.92 Å². The van der Waals surface area contributed by atoms with E-state index < -0.39 is 17.9 Å². The van der Waals surface area contributed by atoms with Gasteiger partial charge in [-0.05, 0) is 19.4 Å². The summed E-state index contributed by atoms with van der Waals surface area (Å²) in [4.78, 5) is 24.8. The number of aliphatic carboxylic acids is 1. The molecule has 2 heterocycles. The van der Waals surface area contributed by atoms with Crippen LogP contribution in [0.4, 0.5) is 0 Å². The molecule has 0 saturated carbocycles. The van der Waals surface area contributed by atoms with Gasteiger partial charge < -0.3 is 10.0 Å². The normalized spacial score (nSPS) is 22.6. The number of aromatic nitrogens is 2. The number of carboxylic acids is 1. The van der Waals surface area contributed by atoms with Crippen LogP contribution in [-0.2, 0) is 4.79 Å². The first-order valence-corrected chi connectivity index (χ1v) is 6.40. The summed E-state index contributed by atoms with van der Waals surface area (Å²) in [7, 11) is 0. The topological polar surface area (TPSA) is 83.4 Å². The van der Waals surface area contributed by atoms with Gasteiger partial charge in [0.15, 0.2) is 10.3 Å². The summed E-state index contributed by atoms with van der Waals surface area (Å²) in [5.74, 6) is -1.84. The molecule has 6 nitrogen and oxygen atoms in total. The van der Waals surface area contributed by atoms with Gasteiger partial charge in [0.05, 0.1) is 11.5 Å². The van der Waals surface area contributed by atoms with Gasteiger partial charge in [-0.3, -0.25) is 9.59 Å². The monoisotopic (exact) mass is 303 g/mol. The predicted molar refractivity (Wildman–Crippen MR) is 68.3 cm³/mol. The minimum atomic E-state index is -0.903. The third-order valence-electron chi connectivity index (χ3n) is 3.28. The van der Waals surface area contributed by atoms with E-state index in [-0.39, 0.29) is 21.8 Å². The lowest BCUT2D eigenvalue weighted by Gasteiger charge is -2.23. The van der Waals surface area contributed by atoms with Crippen LogP contribution in [0, 0.1) is 5.92 Å². The molecule has 0 bridgehead atoms. The van der Waals surface area contributed by atoms with Crippen molar-refractivity contribution in [1.82, 2.24) is 15.1 Å². The van der Waals surface area contributed by atoms with Gasteiger partial charge in [0.25, 0.3) is 5.91 Å². The van der Waals surface area contributed by atoms with E-state index in [1.165, 1.54) is 11.0 Å². The van der Waals surface area contributed by atoms with Gasteiger partial charge in [-0.2, -0.15) is 0 Å². The van der Waals surface area contributed by atoms with Crippen molar-refractivity contribution in [2.45, 2.75) is 19.4 Å². The van der Waals surface area contributed by atoms with Crippen LogP contribution in [0.15, 0.2) is 6.07 Å². The number of halogens is 2. The average Bonchev–Trinajstić information content (AvgIpc) is 2.73. The maximum Gasteiger partial charge on any atom is 0.308 e. The molecule has 102 valence electrons. The van der Waals surface area contributed by atoms with Crippen molar-refractivity contribution in [3.8, 4) is 0 Å². The van der Waals surface area contributed by atoms with Crippen LogP contribution in [0.25, 0.3) is 0 Å². The molecule has 1 N–H and O–H groups in total. The summed E-state index contributed by atoms with van der Waals surface area (Å²) in [6.07, 6.45) is 0.423. The molecule has 1 amide bonds. The fraction of sp³-hybridized carbons (Fsp3) is 0.455. The zero-order chi connectivity index (χ0) is 14.2. The highest BCUT2D eigenvalue weighted by Crippen LogP contribution is 2.27. The molecule has 0 spiro atoms. The maximum atomic E-state index is 12.3. The molecule has 2 unspecified atom stereocenters. The fourth-order valence-electron chi connectivity index (χ4n) is 2.21. The van der Waals surface area contributed by atoms with Crippen molar-refractivity contribution >= 4 is 35.1 Å². The number of rotatable bonds is 2. The molecule has 19 heavy (non-hydrogen) atoms. The van der Waals surface area contributed by atoms with Crippen LogP contribution >= 0.6 is 23.2 Å². The highest BCUT2D eigenvalue weighted by Gasteiger charge is 2.39. The van der Waals surface area contributed by atoms with E-state index in [1.807, 2.05) is 0 Å². The van der Waals surface area contributed by atoms with Crippen molar-refractivity contribution in [2.75, 3.05) is 6.54 Å². The van der Waals surface area contributed by atoms with Crippen molar-refractivity contribution < 1.29 is 14.7 Å². The first-order valence-electron chi connectivity index (χ1n) is 5.64. The van der Waals surface area contributed by atoms with E-state index in [1.54, 1.807) is 6.92 Å². The average molecular weight is 304 g/mol. The number of likely N-dealkylation sites (tertiary alicyclic amines) is 1. The van der Waals surface area contributed by atoms with E-state index >= 15 is 0 Å². The van der Waals surface area contributed by atoms with Gasteiger partial charge in [0.1, 0.15) is 0 Å². The highest BCUT2D eigenvalue weighted by atomic mass is 35.5. The Morgan fingerprint density at radius 2 is 2.11 bits per heavy atom. The van der Waals surface area contributed by atoms with Crippen LogP contribution in [0.2, 0.25) is 10.3 Å². The second kappa shape index (κ2) is 5.30. The lowest BCUT2D eigenvalue weighted by Crippen LogP contribution is -2.37. The molecule has 1 fully saturated rings. The first kappa shape index (κ1) is 14.0. The van der Waals surface area contributed by atoms with Crippen molar-refractivity contribution in [1.29, 1.82) is 0 Å². The number of amides is 1. The Hall–Kier alpha value is -1.40. The molecular weight excluding hydrogens is 293 g/mol. The first-order chi connectivity index (χ1) is 8.91. The summed E-state index contributed by atoms with van der Waals surface area (Å²) < 4.78 is 0. The number of carboxylic acid groups (broad SMARTS) is 1. The molecular formula is C11H11Cl2N3O3. The lowest BCUT2D eigenvalue weighted by atomic mass is 10.0. The van der Waals surface area contributed by atoms with Crippen molar-refractivity contribution in [3.05, 3.63) is 21.9 Å². The Morgan fingerprint density at radius 3 is 2.68 bits per heavy atom. The van der Waals surface area contributed by atoms with Gasteiger partial charge in [-0.1, -0.05) is 23.2 Å². The van der Waals surface area contributed by atoms with Crippen molar-refractivity contribution in [3.63, 3.8) is 0 Å². The summed E-state index contributed by atoms with van der Waals surface area (Å²) in [5, 5.41) is 16.2. The minimum Gasteiger partial charge on any atom is -0.481 e. The largest absolute Gasteiger partial charge is 0.481 e. The standard InChI is InChI=1S/C11H11Cl2N3O3/c1-5-6(11(18)19)2-3-16(5)10(17)7-4-8(12)14-15-9(7)13/h4-6H,2-3H2,1H3,(H,18,19). The third kappa shape index (κ3) is 2.64. The molecule has 1 aliphatic heterocycles. The van der Waals surface area contributed by atoms with E-state index in [0.29, 0.717) is 13.0 Å². The fourth-order valence-corrected chi connectivity index (χ4v) is 2.53. The Morgan fingerprint density at radius 1 is 1.42 bits per heavy atom. The van der Waals surface area contributed by atoms with Crippen LogP contribution in [0.5, 0.6) is 0 Å². The molecule has 8 heteroatoms. The summed E-state index contributed by atoms with van der Waals surface area (Å²) in [6.45, 7) is 2.07. The molecule has 1 aliphatic rings. The summed E-state index contributed by atoms with van der Waals surface area (Å²) >= 11 is 11.5. The maximum absolute atomic E-state index is 12.3. The van der Waals surface area contributed by atoms with Crippen LogP contribution in [-0.4, -0.2) is 44.7 Å². The van der Waals surface area contributed by atoms with E-state index in [2.05, 4.69) is 10.2 Å². The number of hydrogen-bond acceptors (Lipinski definition) is 4. The van der Waals surface area contributed by atoms with Gasteiger partial charge in [-0.25, -0.2) is 0 Å². The molecule has 0 radical (unpaired) electrons. The number of carbonyl (C=O) groups is 2. The Kier molecular flexibility index (Phi) is 3.91. The summed E-state index contributed by atoms with van der Waals surface area (Å²) in [6, 6.07) is 0.938. The van der Waals surface area contributed by atoms with Gasteiger partial charge in [0, 0.05) is 12.6 Å². The van der Waals surface area contributed by atoms with Gasteiger partial charge in [-0.15, -0.1) is 10.2 Å². The van der Waals surface area contributed by atoms with Crippen LogP contribution < -0.4 is 0 Å². The zero-order valence-electron chi connectivity index (χ0n) is 10.0. The minimum absolute atomic E-state index is 0.0413. The third-order valence-corrected chi connectivity index (χ3v) is 3.75. The number of hydrogen-bond donors (Lipinski definition) is 1. The second-order valence-electron chi connectivity index (χ2n) is 4.34. The van der Waals surface area contributed by atoms with Gasteiger partial charge in [0.2, 0.25) is 0 Å². The van der Waals surface area contributed by atoms with Crippen LogP contribution in [0.1, 0.15) is 23.7 Å². The Bertz CT molecular complexity index is 538. The molecule has 1 aromatic heterocycles. The second-order valence-corrected chi connectivity index (χ2v) is 5.09. The molecule has 2 atom stereocenters. The van der Waals surface area contributed by atoms with E-state index in [0.717, 1.165) is 0 Å². The van der Waals surface area contributed by atoms with Crippen LogP contribution in [0.3, 0.4) is 0 Å². The Labute approximate surface area is 119 Å². The van der Waals surface area contributed by atoms with E-state index in [4.69, 9.17) is 28.3 Å².